The third-order valence-corrected chi connectivity index (χ3v) is 3.00. The van der Waals surface area contributed by atoms with Crippen LogP contribution in [0.4, 0.5) is 0 Å². The summed E-state index contributed by atoms with van der Waals surface area (Å²) in [4.78, 5) is 14.6. The molecule has 0 saturated carbocycles. The number of hydrogen-bond donors (Lipinski definition) is 2. The molecule has 2 rings (SSSR count). The maximum Gasteiger partial charge on any atom is 0.343 e. The number of nitrogens with zero attached hydrogens (tertiary/aromatic N) is 2. The molecule has 5 nitrogen and oxygen atoms in total. The molecule has 1 fully saturated rings. The molecule has 1 aromatic heterocycles. The van der Waals surface area contributed by atoms with Crippen LogP contribution in [-0.2, 0) is 5.54 Å². The van der Waals surface area contributed by atoms with E-state index >= 15 is 0 Å². The average molecular weight is 224 g/mol. The van der Waals surface area contributed by atoms with E-state index in [0.29, 0.717) is 5.92 Å². The minimum Gasteiger partial charge on any atom is -0.317 e. The maximum atomic E-state index is 11.8. The van der Waals surface area contributed by atoms with Crippen LogP contribution in [-0.4, -0.2) is 27.9 Å². The highest BCUT2D eigenvalue weighted by Crippen LogP contribution is 2.21. The molecule has 2 N–H and O–H groups in total. The van der Waals surface area contributed by atoms with Gasteiger partial charge >= 0.3 is 5.69 Å². The molecule has 0 aliphatic carbocycles. The first-order valence-corrected chi connectivity index (χ1v) is 5.89. The van der Waals surface area contributed by atoms with Crippen molar-refractivity contribution in [2.24, 2.45) is 0 Å². The zero-order valence-corrected chi connectivity index (χ0v) is 10.2. The van der Waals surface area contributed by atoms with Crippen LogP contribution < -0.4 is 11.0 Å². The van der Waals surface area contributed by atoms with Crippen LogP contribution in [0.2, 0.25) is 0 Å². The molecule has 0 aromatic carbocycles. The molecule has 1 aliphatic heterocycles. The summed E-state index contributed by atoms with van der Waals surface area (Å²) in [5, 5.41) is 7.74. The summed E-state index contributed by atoms with van der Waals surface area (Å²) < 4.78 is 1.55. The second kappa shape index (κ2) is 4.05. The molecule has 0 amide bonds. The molecule has 5 heteroatoms. The van der Waals surface area contributed by atoms with E-state index in [4.69, 9.17) is 0 Å². The standard InChI is InChI=1S/C11H20N4O/c1-11(2,3)15-10(16)13-9(14-15)8-4-6-12-7-5-8/h8,12H,4-7H2,1-3H3,(H,13,14,16). The number of aromatic amines is 1. The zero-order valence-electron chi connectivity index (χ0n) is 10.2. The zero-order chi connectivity index (χ0) is 11.8. The van der Waals surface area contributed by atoms with Crippen LogP contribution in [0.15, 0.2) is 4.79 Å². The van der Waals surface area contributed by atoms with Crippen molar-refractivity contribution in [2.45, 2.75) is 45.1 Å². The van der Waals surface area contributed by atoms with Gasteiger partial charge < -0.3 is 5.32 Å². The molecule has 16 heavy (non-hydrogen) atoms. The average Bonchev–Trinajstić information content (AvgIpc) is 2.61. The molecular weight excluding hydrogens is 204 g/mol. The van der Waals surface area contributed by atoms with E-state index in [2.05, 4.69) is 15.4 Å². The van der Waals surface area contributed by atoms with Gasteiger partial charge in [0.25, 0.3) is 0 Å². The van der Waals surface area contributed by atoms with Gasteiger partial charge in [-0.05, 0) is 46.7 Å². The lowest BCUT2D eigenvalue weighted by atomic mass is 9.98. The van der Waals surface area contributed by atoms with Crippen LogP contribution in [0.3, 0.4) is 0 Å². The molecule has 1 aromatic rings. The number of aromatic nitrogens is 3. The summed E-state index contributed by atoms with van der Waals surface area (Å²) >= 11 is 0. The third kappa shape index (κ3) is 2.19. The summed E-state index contributed by atoms with van der Waals surface area (Å²) in [5.74, 6) is 1.25. The van der Waals surface area contributed by atoms with E-state index in [1.807, 2.05) is 20.8 Å². The molecule has 0 atom stereocenters. The fourth-order valence-electron chi connectivity index (χ4n) is 2.07. The van der Waals surface area contributed by atoms with Gasteiger partial charge in [-0.2, -0.15) is 5.10 Å². The van der Waals surface area contributed by atoms with E-state index in [0.717, 1.165) is 31.8 Å². The van der Waals surface area contributed by atoms with Gasteiger partial charge in [-0.25, -0.2) is 9.48 Å². The Morgan fingerprint density at radius 1 is 1.31 bits per heavy atom. The largest absolute Gasteiger partial charge is 0.343 e. The monoisotopic (exact) mass is 224 g/mol. The summed E-state index contributed by atoms with van der Waals surface area (Å²) in [6.45, 7) is 7.98. The number of H-pyrrole nitrogens is 1. The van der Waals surface area contributed by atoms with Crippen LogP contribution in [0.25, 0.3) is 0 Å². The Balaban J connectivity index is 2.26. The van der Waals surface area contributed by atoms with Gasteiger partial charge in [-0.15, -0.1) is 0 Å². The molecule has 0 bridgehead atoms. The summed E-state index contributed by atoms with van der Waals surface area (Å²) in [7, 11) is 0. The highest BCUT2D eigenvalue weighted by Gasteiger charge is 2.23. The lowest BCUT2D eigenvalue weighted by Crippen LogP contribution is -2.33. The Hall–Kier alpha value is -1.10. The van der Waals surface area contributed by atoms with Crippen molar-refractivity contribution in [1.82, 2.24) is 20.1 Å². The number of hydrogen-bond acceptors (Lipinski definition) is 3. The Morgan fingerprint density at radius 3 is 2.44 bits per heavy atom. The number of nitrogens with one attached hydrogen (secondary N) is 2. The normalized spacial score (nSPS) is 18.9. The van der Waals surface area contributed by atoms with Crippen molar-refractivity contribution in [1.29, 1.82) is 0 Å². The van der Waals surface area contributed by atoms with Gasteiger partial charge in [0.1, 0.15) is 5.82 Å². The lowest BCUT2D eigenvalue weighted by molar-refractivity contribution is 0.338. The Bertz CT molecular complexity index is 406. The molecule has 90 valence electrons. The maximum absolute atomic E-state index is 11.8. The van der Waals surface area contributed by atoms with Crippen molar-refractivity contribution in [2.75, 3.05) is 13.1 Å². The predicted molar refractivity (Wildman–Crippen MR) is 62.7 cm³/mol. The minimum atomic E-state index is -0.251. The summed E-state index contributed by atoms with van der Waals surface area (Å²) in [6, 6.07) is 0. The first kappa shape index (κ1) is 11.4. The minimum absolute atomic E-state index is 0.0963. The number of rotatable bonds is 1. The second-order valence-corrected chi connectivity index (χ2v) is 5.42. The van der Waals surface area contributed by atoms with E-state index < -0.39 is 0 Å². The Labute approximate surface area is 95.2 Å². The smallest absolute Gasteiger partial charge is 0.317 e. The SMILES string of the molecule is CC(C)(C)n1nc(C2CCNCC2)[nH]c1=O. The number of piperidine rings is 1. The second-order valence-electron chi connectivity index (χ2n) is 5.42. The van der Waals surface area contributed by atoms with Gasteiger partial charge in [-0.3, -0.25) is 4.98 Å². The van der Waals surface area contributed by atoms with Crippen molar-refractivity contribution in [3.8, 4) is 0 Å². The van der Waals surface area contributed by atoms with Crippen molar-refractivity contribution in [3.05, 3.63) is 16.3 Å². The quantitative estimate of drug-likeness (QED) is 0.741. The molecule has 2 heterocycles. The first-order chi connectivity index (χ1) is 7.48. The van der Waals surface area contributed by atoms with E-state index in [1.165, 1.54) is 0 Å². The fraction of sp³-hybridized carbons (Fsp3) is 0.818. The van der Waals surface area contributed by atoms with Gasteiger partial charge in [0.15, 0.2) is 0 Å². The van der Waals surface area contributed by atoms with Gasteiger partial charge in [0.2, 0.25) is 0 Å². The van der Waals surface area contributed by atoms with Gasteiger partial charge in [-0.1, -0.05) is 0 Å². The van der Waals surface area contributed by atoms with Crippen molar-refractivity contribution in [3.63, 3.8) is 0 Å². The van der Waals surface area contributed by atoms with E-state index in [-0.39, 0.29) is 11.2 Å². The van der Waals surface area contributed by atoms with Crippen molar-refractivity contribution < 1.29 is 0 Å². The molecule has 1 aliphatic rings. The van der Waals surface area contributed by atoms with Crippen LogP contribution in [0.5, 0.6) is 0 Å². The first-order valence-electron chi connectivity index (χ1n) is 5.89. The van der Waals surface area contributed by atoms with Gasteiger partial charge in [0, 0.05) is 5.92 Å². The summed E-state index contributed by atoms with van der Waals surface area (Å²) in [6.07, 6.45) is 2.11. The fourth-order valence-corrected chi connectivity index (χ4v) is 2.07. The molecule has 0 unspecified atom stereocenters. The van der Waals surface area contributed by atoms with Crippen LogP contribution in [0, 0.1) is 0 Å². The molecule has 1 saturated heterocycles. The summed E-state index contributed by atoms with van der Waals surface area (Å²) in [5.41, 5.74) is -0.348. The molecule has 0 radical (unpaired) electrons. The van der Waals surface area contributed by atoms with Crippen LogP contribution in [0.1, 0.15) is 45.4 Å². The Kier molecular flexibility index (Phi) is 2.88. The lowest BCUT2D eigenvalue weighted by Gasteiger charge is -2.21. The van der Waals surface area contributed by atoms with Crippen LogP contribution >= 0.6 is 0 Å². The highest BCUT2D eigenvalue weighted by atomic mass is 16.2. The Morgan fingerprint density at radius 2 is 1.94 bits per heavy atom. The molecule has 0 spiro atoms. The topological polar surface area (TPSA) is 62.7 Å². The van der Waals surface area contributed by atoms with E-state index in [1.54, 1.807) is 4.68 Å². The predicted octanol–water partition coefficient (Wildman–Crippen LogP) is 0.793. The van der Waals surface area contributed by atoms with Gasteiger partial charge in [0.05, 0.1) is 5.54 Å². The molecular formula is C11H20N4O. The highest BCUT2D eigenvalue weighted by molar-refractivity contribution is 4.97. The van der Waals surface area contributed by atoms with Crippen molar-refractivity contribution >= 4 is 0 Å². The third-order valence-electron chi connectivity index (χ3n) is 3.00. The van der Waals surface area contributed by atoms with E-state index in [9.17, 15) is 4.79 Å².